The Kier molecular flexibility index (Phi) is 3.07. The van der Waals surface area contributed by atoms with Gasteiger partial charge in [-0.15, -0.1) is 0 Å². The molecule has 3 aliphatic heterocycles. The normalized spacial score (nSPS) is 24.7. The minimum atomic E-state index is 0.0594. The predicted molar refractivity (Wildman–Crippen MR) is 85.6 cm³/mol. The van der Waals surface area contributed by atoms with Crippen LogP contribution in [0.15, 0.2) is 18.2 Å². The molecule has 3 aliphatic rings. The molecule has 116 valence electrons. The Morgan fingerprint density at radius 3 is 2.77 bits per heavy atom. The molecule has 0 spiro atoms. The van der Waals surface area contributed by atoms with Crippen molar-refractivity contribution < 1.29 is 4.79 Å². The van der Waals surface area contributed by atoms with Crippen molar-refractivity contribution in [2.24, 2.45) is 7.05 Å². The highest BCUT2D eigenvalue weighted by molar-refractivity contribution is 6.05. The molecule has 1 aromatic carbocycles. The van der Waals surface area contributed by atoms with Gasteiger partial charge in [0.2, 0.25) is 0 Å². The number of carbonyl (C=O) groups excluding carboxylic acids is 1. The molecule has 5 rings (SSSR count). The Morgan fingerprint density at radius 1 is 1.23 bits per heavy atom. The van der Waals surface area contributed by atoms with E-state index in [1.54, 1.807) is 4.68 Å². The maximum atomic E-state index is 13.1. The van der Waals surface area contributed by atoms with Crippen LogP contribution in [0.1, 0.15) is 23.3 Å². The summed E-state index contributed by atoms with van der Waals surface area (Å²) in [5.74, 6) is 0.0594. The zero-order chi connectivity index (χ0) is 15.3. The summed E-state index contributed by atoms with van der Waals surface area (Å²) in [5.41, 5.74) is 8.00. The summed E-state index contributed by atoms with van der Waals surface area (Å²) in [6, 6.07) is 5.97. The van der Waals surface area contributed by atoms with Gasteiger partial charge < -0.3 is 15.5 Å². The SMILES string of the molecule is Cn1nc(C(=O)N2CCN3CCC2CC3)c2ccc(N)cc21. The van der Waals surface area contributed by atoms with E-state index in [0.29, 0.717) is 17.4 Å². The molecule has 3 fully saturated rings. The molecule has 0 aliphatic carbocycles. The van der Waals surface area contributed by atoms with Gasteiger partial charge >= 0.3 is 0 Å². The van der Waals surface area contributed by atoms with E-state index in [-0.39, 0.29) is 5.91 Å². The Labute approximate surface area is 129 Å². The first-order valence-corrected chi connectivity index (χ1v) is 7.89. The average Bonchev–Trinajstić information content (AvgIpc) is 2.70. The molecule has 0 unspecified atom stereocenters. The van der Waals surface area contributed by atoms with Crippen LogP contribution in [0.3, 0.4) is 0 Å². The third-order valence-electron chi connectivity index (χ3n) is 4.99. The molecule has 0 saturated carbocycles. The standard InChI is InChI=1S/C16H21N5O/c1-19-14-10-11(17)2-3-13(14)15(18-19)16(22)21-9-8-20-6-4-12(21)5-7-20/h2-3,10,12H,4-9,17H2,1H3. The first kappa shape index (κ1) is 13.6. The van der Waals surface area contributed by atoms with Crippen molar-refractivity contribution in [1.82, 2.24) is 19.6 Å². The fourth-order valence-corrected chi connectivity index (χ4v) is 3.72. The first-order chi connectivity index (χ1) is 10.6. The number of fused-ring (bicyclic) bond motifs is 5. The molecule has 2 aromatic rings. The lowest BCUT2D eigenvalue weighted by Gasteiger charge is -2.31. The number of hydrogen-bond donors (Lipinski definition) is 1. The summed E-state index contributed by atoms with van der Waals surface area (Å²) in [6.45, 7) is 3.98. The van der Waals surface area contributed by atoms with Crippen LogP contribution in [0.4, 0.5) is 5.69 Å². The molecular formula is C16H21N5O. The van der Waals surface area contributed by atoms with Crippen molar-refractivity contribution >= 4 is 22.5 Å². The Balaban J connectivity index is 1.73. The lowest BCUT2D eigenvalue weighted by molar-refractivity contribution is 0.0680. The van der Waals surface area contributed by atoms with Gasteiger partial charge in [0, 0.05) is 50.3 Å². The number of amides is 1. The maximum Gasteiger partial charge on any atom is 0.275 e. The first-order valence-electron chi connectivity index (χ1n) is 7.89. The van der Waals surface area contributed by atoms with Gasteiger partial charge in [0.05, 0.1) is 5.52 Å². The van der Waals surface area contributed by atoms with Gasteiger partial charge in [0.25, 0.3) is 5.91 Å². The van der Waals surface area contributed by atoms with Gasteiger partial charge in [-0.3, -0.25) is 9.48 Å². The highest BCUT2D eigenvalue weighted by Gasteiger charge is 2.33. The molecule has 6 heteroatoms. The van der Waals surface area contributed by atoms with Crippen molar-refractivity contribution in [2.75, 3.05) is 31.9 Å². The number of anilines is 1. The summed E-state index contributed by atoms with van der Waals surface area (Å²) < 4.78 is 1.75. The van der Waals surface area contributed by atoms with E-state index in [9.17, 15) is 4.79 Å². The van der Waals surface area contributed by atoms with Gasteiger partial charge in [-0.05, 0) is 31.0 Å². The number of aromatic nitrogens is 2. The highest BCUT2D eigenvalue weighted by Crippen LogP contribution is 2.26. The van der Waals surface area contributed by atoms with E-state index >= 15 is 0 Å². The third kappa shape index (κ3) is 2.06. The minimum absolute atomic E-state index is 0.0594. The van der Waals surface area contributed by atoms with Crippen molar-refractivity contribution in [2.45, 2.75) is 18.9 Å². The lowest BCUT2D eigenvalue weighted by Crippen LogP contribution is -2.41. The molecule has 1 aromatic heterocycles. The van der Waals surface area contributed by atoms with Crippen LogP contribution >= 0.6 is 0 Å². The molecule has 2 N–H and O–H groups in total. The topological polar surface area (TPSA) is 67.4 Å². The summed E-state index contributed by atoms with van der Waals surface area (Å²) in [4.78, 5) is 17.5. The van der Waals surface area contributed by atoms with Crippen LogP contribution in [0.2, 0.25) is 0 Å². The van der Waals surface area contributed by atoms with Crippen LogP contribution in [-0.4, -0.2) is 57.7 Å². The number of benzene rings is 1. The Hall–Kier alpha value is -2.08. The second kappa shape index (κ2) is 4.98. The predicted octanol–water partition coefficient (Wildman–Crippen LogP) is 1.08. The smallest absolute Gasteiger partial charge is 0.275 e. The zero-order valence-electron chi connectivity index (χ0n) is 12.8. The van der Waals surface area contributed by atoms with Crippen LogP contribution in [0.25, 0.3) is 10.9 Å². The van der Waals surface area contributed by atoms with Gasteiger partial charge in [-0.1, -0.05) is 0 Å². The zero-order valence-corrected chi connectivity index (χ0v) is 12.8. The van der Waals surface area contributed by atoms with Crippen molar-refractivity contribution in [3.05, 3.63) is 23.9 Å². The van der Waals surface area contributed by atoms with E-state index < -0.39 is 0 Å². The van der Waals surface area contributed by atoms with Crippen molar-refractivity contribution in [3.8, 4) is 0 Å². The largest absolute Gasteiger partial charge is 0.399 e. The number of nitrogen functional groups attached to an aromatic ring is 1. The van der Waals surface area contributed by atoms with E-state index in [0.717, 1.165) is 49.9 Å². The Morgan fingerprint density at radius 2 is 2.00 bits per heavy atom. The number of hydrogen-bond acceptors (Lipinski definition) is 4. The molecule has 22 heavy (non-hydrogen) atoms. The molecular weight excluding hydrogens is 278 g/mol. The third-order valence-corrected chi connectivity index (χ3v) is 4.99. The van der Waals surface area contributed by atoms with Crippen LogP contribution in [0, 0.1) is 0 Å². The number of nitrogens with zero attached hydrogens (tertiary/aromatic N) is 4. The second-order valence-corrected chi connectivity index (χ2v) is 6.32. The number of carbonyl (C=O) groups is 1. The van der Waals surface area contributed by atoms with Gasteiger partial charge in [0.15, 0.2) is 5.69 Å². The quantitative estimate of drug-likeness (QED) is 0.800. The summed E-state index contributed by atoms with van der Waals surface area (Å²) in [7, 11) is 1.86. The molecule has 3 saturated heterocycles. The average molecular weight is 299 g/mol. The van der Waals surface area contributed by atoms with Crippen LogP contribution < -0.4 is 5.73 Å². The Bertz CT molecular complexity index is 729. The van der Waals surface area contributed by atoms with Crippen molar-refractivity contribution in [1.29, 1.82) is 0 Å². The lowest BCUT2D eigenvalue weighted by atomic mass is 10.0. The minimum Gasteiger partial charge on any atom is -0.399 e. The van der Waals surface area contributed by atoms with Crippen molar-refractivity contribution in [3.63, 3.8) is 0 Å². The fourth-order valence-electron chi connectivity index (χ4n) is 3.72. The second-order valence-electron chi connectivity index (χ2n) is 6.32. The molecule has 2 bridgehead atoms. The molecule has 0 radical (unpaired) electrons. The summed E-state index contributed by atoms with van der Waals surface area (Å²) in [6.07, 6.45) is 2.15. The van der Waals surface area contributed by atoms with E-state index in [1.807, 2.05) is 30.1 Å². The number of nitrogens with two attached hydrogens (primary N) is 1. The summed E-state index contributed by atoms with van der Waals surface area (Å²) in [5, 5.41) is 5.36. The van der Waals surface area contributed by atoms with Crippen LogP contribution in [0.5, 0.6) is 0 Å². The number of piperidine rings is 1. The monoisotopic (exact) mass is 299 g/mol. The van der Waals surface area contributed by atoms with Gasteiger partial charge in [0.1, 0.15) is 0 Å². The number of aryl methyl sites for hydroxylation is 1. The maximum absolute atomic E-state index is 13.1. The number of rotatable bonds is 1. The molecule has 4 heterocycles. The summed E-state index contributed by atoms with van der Waals surface area (Å²) >= 11 is 0. The fraction of sp³-hybridized carbons (Fsp3) is 0.500. The van der Waals surface area contributed by atoms with E-state index in [1.165, 1.54) is 0 Å². The van der Waals surface area contributed by atoms with Gasteiger partial charge in [-0.25, -0.2) is 0 Å². The molecule has 1 amide bonds. The molecule has 0 atom stereocenters. The molecule has 6 nitrogen and oxygen atoms in total. The highest BCUT2D eigenvalue weighted by atomic mass is 16.2. The van der Waals surface area contributed by atoms with E-state index in [2.05, 4.69) is 10.00 Å². The van der Waals surface area contributed by atoms with Gasteiger partial charge in [-0.2, -0.15) is 5.10 Å². The van der Waals surface area contributed by atoms with Crippen LogP contribution in [-0.2, 0) is 7.05 Å². The van der Waals surface area contributed by atoms with E-state index in [4.69, 9.17) is 5.73 Å².